The smallest absolute Gasteiger partial charge is 0.257 e. The number of carbonyl (C=O) groups excluding carboxylic acids is 1. The lowest BCUT2D eigenvalue weighted by Gasteiger charge is -2.41. The summed E-state index contributed by atoms with van der Waals surface area (Å²) in [4.78, 5) is 16.7. The second-order valence-electron chi connectivity index (χ2n) is 9.32. The second kappa shape index (κ2) is 12.4. The Hall–Kier alpha value is -3.76. The Balaban J connectivity index is 1.39. The SMILES string of the molecule is C[C@@H]1[C@H](CSc2cccc[n+]2[O-])O[C@H](c2cccc(NC(=O)c3cccnc3)c2)O[C@@H]1c1ccc(CO)cc1. The number of nitrogens with one attached hydrogen (secondary N) is 1. The van der Waals surface area contributed by atoms with Crippen LogP contribution in [0.1, 0.15) is 46.4 Å². The fourth-order valence-corrected chi connectivity index (χ4v) is 5.55. The third-order valence-electron chi connectivity index (χ3n) is 6.65. The van der Waals surface area contributed by atoms with Crippen molar-refractivity contribution in [2.24, 2.45) is 5.92 Å². The number of nitrogens with zero attached hydrogens (tertiary/aromatic N) is 2. The Morgan fingerprint density at radius 1 is 1.05 bits per heavy atom. The van der Waals surface area contributed by atoms with Gasteiger partial charge < -0.3 is 25.1 Å². The first kappa shape index (κ1) is 26.8. The van der Waals surface area contributed by atoms with Crippen molar-refractivity contribution in [3.05, 3.63) is 125 Å². The molecule has 1 fully saturated rings. The summed E-state index contributed by atoms with van der Waals surface area (Å²) in [6.45, 7) is 2.04. The van der Waals surface area contributed by atoms with E-state index < -0.39 is 6.29 Å². The van der Waals surface area contributed by atoms with E-state index in [0.29, 0.717) is 22.0 Å². The molecule has 0 unspecified atom stereocenters. The van der Waals surface area contributed by atoms with Crippen LogP contribution in [0.3, 0.4) is 0 Å². The maximum atomic E-state index is 12.7. The highest BCUT2D eigenvalue weighted by atomic mass is 32.2. The Labute approximate surface area is 231 Å². The van der Waals surface area contributed by atoms with Crippen LogP contribution in [0.25, 0.3) is 0 Å². The van der Waals surface area contributed by atoms with E-state index in [1.165, 1.54) is 24.2 Å². The summed E-state index contributed by atoms with van der Waals surface area (Å²) < 4.78 is 13.8. The molecule has 200 valence electrons. The third-order valence-corrected chi connectivity index (χ3v) is 7.75. The molecular formula is C30H29N3O5S. The fourth-order valence-electron chi connectivity index (χ4n) is 4.47. The Kier molecular flexibility index (Phi) is 8.53. The summed E-state index contributed by atoms with van der Waals surface area (Å²) in [5.41, 5.74) is 3.63. The highest BCUT2D eigenvalue weighted by Gasteiger charge is 2.38. The number of aliphatic hydroxyl groups excluding tert-OH is 1. The summed E-state index contributed by atoms with van der Waals surface area (Å²) >= 11 is 1.44. The number of aliphatic hydroxyl groups is 1. The highest BCUT2D eigenvalue weighted by molar-refractivity contribution is 7.99. The molecule has 1 aliphatic rings. The third kappa shape index (κ3) is 6.46. The van der Waals surface area contributed by atoms with Crippen molar-refractivity contribution in [3.8, 4) is 0 Å². The second-order valence-corrected chi connectivity index (χ2v) is 10.4. The van der Waals surface area contributed by atoms with Gasteiger partial charge in [-0.3, -0.25) is 9.78 Å². The number of aromatic nitrogens is 2. The predicted molar refractivity (Wildman–Crippen MR) is 148 cm³/mol. The van der Waals surface area contributed by atoms with Crippen LogP contribution in [0, 0.1) is 11.1 Å². The Morgan fingerprint density at radius 3 is 2.64 bits per heavy atom. The zero-order chi connectivity index (χ0) is 27.2. The molecule has 2 N–H and O–H groups in total. The molecule has 0 radical (unpaired) electrons. The van der Waals surface area contributed by atoms with Crippen LogP contribution < -0.4 is 10.0 Å². The number of benzene rings is 2. The van der Waals surface area contributed by atoms with Gasteiger partial charge in [-0.2, -0.15) is 4.73 Å². The maximum Gasteiger partial charge on any atom is 0.257 e. The topological polar surface area (TPSA) is 108 Å². The molecule has 4 aromatic rings. The van der Waals surface area contributed by atoms with Crippen molar-refractivity contribution in [2.75, 3.05) is 11.1 Å². The number of pyridine rings is 2. The molecule has 1 saturated heterocycles. The van der Waals surface area contributed by atoms with Crippen LogP contribution in [0.5, 0.6) is 0 Å². The number of anilines is 1. The van der Waals surface area contributed by atoms with E-state index in [1.54, 1.807) is 30.5 Å². The van der Waals surface area contributed by atoms with Gasteiger partial charge in [0, 0.05) is 47.4 Å². The molecule has 2 aromatic heterocycles. The first-order chi connectivity index (χ1) is 19.0. The van der Waals surface area contributed by atoms with Crippen molar-refractivity contribution >= 4 is 23.4 Å². The maximum absolute atomic E-state index is 12.7. The summed E-state index contributed by atoms with van der Waals surface area (Å²) in [6, 6.07) is 23.8. The number of ether oxygens (including phenoxy) is 2. The molecule has 3 heterocycles. The molecule has 5 rings (SSSR count). The zero-order valence-electron chi connectivity index (χ0n) is 21.3. The summed E-state index contributed by atoms with van der Waals surface area (Å²) in [7, 11) is 0. The fraction of sp³-hybridized carbons (Fsp3) is 0.233. The van der Waals surface area contributed by atoms with Gasteiger partial charge in [0.25, 0.3) is 10.9 Å². The van der Waals surface area contributed by atoms with Crippen LogP contribution in [0.2, 0.25) is 0 Å². The summed E-state index contributed by atoms with van der Waals surface area (Å²) in [6.07, 6.45) is 3.40. The number of carbonyl (C=O) groups is 1. The van der Waals surface area contributed by atoms with Crippen molar-refractivity contribution in [1.29, 1.82) is 0 Å². The van der Waals surface area contributed by atoms with Crippen LogP contribution in [0.15, 0.2) is 102 Å². The van der Waals surface area contributed by atoms with Crippen molar-refractivity contribution < 1.29 is 24.1 Å². The van der Waals surface area contributed by atoms with Crippen LogP contribution >= 0.6 is 11.8 Å². The molecule has 8 nitrogen and oxygen atoms in total. The van der Waals surface area contributed by atoms with Gasteiger partial charge in [-0.1, -0.05) is 55.1 Å². The monoisotopic (exact) mass is 543 g/mol. The molecule has 2 aromatic carbocycles. The number of thioether (sulfide) groups is 1. The zero-order valence-corrected chi connectivity index (χ0v) is 22.2. The lowest BCUT2D eigenvalue weighted by molar-refractivity contribution is -0.645. The molecule has 1 aliphatic heterocycles. The van der Waals surface area contributed by atoms with Gasteiger partial charge in [0.1, 0.15) is 0 Å². The Bertz CT molecular complexity index is 1400. The molecule has 39 heavy (non-hydrogen) atoms. The van der Waals surface area contributed by atoms with Gasteiger partial charge in [-0.05, 0) is 41.5 Å². The van der Waals surface area contributed by atoms with E-state index in [0.717, 1.165) is 21.4 Å². The van der Waals surface area contributed by atoms with E-state index >= 15 is 0 Å². The number of hydrogen-bond donors (Lipinski definition) is 2. The normalized spacial score (nSPS) is 20.9. The molecule has 0 bridgehead atoms. The van der Waals surface area contributed by atoms with E-state index in [-0.39, 0.29) is 30.6 Å². The van der Waals surface area contributed by atoms with Gasteiger partial charge in [-0.25, -0.2) is 0 Å². The number of rotatable bonds is 8. The van der Waals surface area contributed by atoms with Gasteiger partial charge >= 0.3 is 0 Å². The molecule has 9 heteroatoms. The largest absolute Gasteiger partial charge is 0.618 e. The van der Waals surface area contributed by atoms with Gasteiger partial charge in [-0.15, -0.1) is 0 Å². The molecule has 0 aliphatic carbocycles. The van der Waals surface area contributed by atoms with Crippen molar-refractivity contribution in [2.45, 2.75) is 37.1 Å². The molecule has 4 atom stereocenters. The molecule has 1 amide bonds. The minimum absolute atomic E-state index is 0.0222. The summed E-state index contributed by atoms with van der Waals surface area (Å²) in [5.74, 6) is 0.269. The number of amides is 1. The Morgan fingerprint density at radius 2 is 1.90 bits per heavy atom. The average Bonchev–Trinajstić information content (AvgIpc) is 2.98. The lowest BCUT2D eigenvalue weighted by Crippen LogP contribution is -2.39. The molecular weight excluding hydrogens is 514 g/mol. The first-order valence-electron chi connectivity index (χ1n) is 12.6. The quantitative estimate of drug-likeness (QED) is 0.182. The minimum atomic E-state index is -0.695. The number of hydrogen-bond acceptors (Lipinski definition) is 7. The molecule has 0 saturated carbocycles. The van der Waals surface area contributed by atoms with E-state index in [9.17, 15) is 15.1 Å². The van der Waals surface area contributed by atoms with Crippen LogP contribution in [0.4, 0.5) is 5.69 Å². The first-order valence-corrected chi connectivity index (χ1v) is 13.6. The van der Waals surface area contributed by atoms with Crippen LogP contribution in [-0.4, -0.2) is 27.9 Å². The van der Waals surface area contributed by atoms with E-state index in [4.69, 9.17) is 9.47 Å². The van der Waals surface area contributed by atoms with Gasteiger partial charge in [0.2, 0.25) is 0 Å². The highest BCUT2D eigenvalue weighted by Crippen LogP contribution is 2.43. The minimum Gasteiger partial charge on any atom is -0.618 e. The predicted octanol–water partition coefficient (Wildman–Crippen LogP) is 5.04. The van der Waals surface area contributed by atoms with Crippen molar-refractivity contribution in [1.82, 2.24) is 4.98 Å². The standard InChI is InChI=1S/C30H29N3O5S/c1-20-26(19-39-27-9-2-3-15-33(27)36)37-30(38-28(20)22-12-10-21(18-34)11-13-22)23-6-4-8-25(16-23)32-29(35)24-7-5-14-31-17-24/h2-17,20,26,28,30,34H,18-19H2,1H3,(H,32,35)/t20-,26+,28+,30+/m1/s1. The average molecular weight is 544 g/mol. The van der Waals surface area contributed by atoms with Gasteiger partial charge in [0.05, 0.1) is 24.4 Å². The lowest BCUT2D eigenvalue weighted by atomic mass is 9.91. The van der Waals surface area contributed by atoms with E-state index in [1.807, 2.05) is 54.6 Å². The summed E-state index contributed by atoms with van der Waals surface area (Å²) in [5, 5.41) is 25.2. The van der Waals surface area contributed by atoms with Gasteiger partial charge in [0.15, 0.2) is 12.5 Å². The van der Waals surface area contributed by atoms with Crippen molar-refractivity contribution in [3.63, 3.8) is 0 Å². The van der Waals surface area contributed by atoms with Crippen LogP contribution in [-0.2, 0) is 16.1 Å². The van der Waals surface area contributed by atoms with E-state index in [2.05, 4.69) is 17.2 Å². The molecule has 0 spiro atoms.